The second-order valence-electron chi connectivity index (χ2n) is 4.73. The van der Waals surface area contributed by atoms with E-state index in [2.05, 4.69) is 0 Å². The summed E-state index contributed by atoms with van der Waals surface area (Å²) in [6.45, 7) is 4.56. The Morgan fingerprint density at radius 1 is 1.50 bits per heavy atom. The van der Waals surface area contributed by atoms with Gasteiger partial charge in [-0.1, -0.05) is 13.8 Å². The quantitative estimate of drug-likeness (QED) is 0.746. The molecular weight excluding hydrogens is 226 g/mol. The van der Waals surface area contributed by atoms with Crippen molar-refractivity contribution in [3.8, 4) is 0 Å². The Kier molecular flexibility index (Phi) is 4.35. The van der Waals surface area contributed by atoms with Crippen LogP contribution < -0.4 is 0 Å². The van der Waals surface area contributed by atoms with Crippen LogP contribution in [0.1, 0.15) is 33.1 Å². The minimum Gasteiger partial charge on any atom is -0.338 e. The van der Waals surface area contributed by atoms with Gasteiger partial charge in [0.15, 0.2) is 0 Å². The second kappa shape index (κ2) is 5.17. The van der Waals surface area contributed by atoms with E-state index in [9.17, 15) is 13.2 Å². The highest BCUT2D eigenvalue weighted by Gasteiger charge is 2.31. The van der Waals surface area contributed by atoms with Gasteiger partial charge >= 0.3 is 0 Å². The number of hydrogen-bond donors (Lipinski definition) is 0. The van der Waals surface area contributed by atoms with Gasteiger partial charge in [-0.15, -0.1) is 0 Å². The van der Waals surface area contributed by atoms with Crippen LogP contribution in [-0.2, 0) is 14.6 Å². The van der Waals surface area contributed by atoms with Gasteiger partial charge in [0.1, 0.15) is 9.84 Å². The fourth-order valence-electron chi connectivity index (χ4n) is 2.22. The number of piperidine rings is 1. The average molecular weight is 247 g/mol. The summed E-state index contributed by atoms with van der Waals surface area (Å²) in [5.74, 6) is 0.242. The van der Waals surface area contributed by atoms with E-state index in [0.717, 1.165) is 12.8 Å². The highest BCUT2D eigenvalue weighted by Crippen LogP contribution is 2.21. The summed E-state index contributed by atoms with van der Waals surface area (Å²) in [6.07, 6.45) is 3.83. The molecule has 16 heavy (non-hydrogen) atoms. The highest BCUT2D eigenvalue weighted by molar-refractivity contribution is 7.90. The molecule has 2 atom stereocenters. The largest absolute Gasteiger partial charge is 0.338 e. The first-order valence-corrected chi connectivity index (χ1v) is 7.89. The molecule has 4 nitrogen and oxygen atoms in total. The molecule has 1 fully saturated rings. The molecule has 1 amide bonds. The summed E-state index contributed by atoms with van der Waals surface area (Å²) >= 11 is 0. The average Bonchev–Trinajstić information content (AvgIpc) is 2.18. The fraction of sp³-hybridized carbons (Fsp3) is 0.909. The van der Waals surface area contributed by atoms with Gasteiger partial charge in [0.05, 0.1) is 5.75 Å². The molecule has 0 radical (unpaired) electrons. The molecule has 0 N–H and O–H groups in total. The number of hydrogen-bond acceptors (Lipinski definition) is 3. The summed E-state index contributed by atoms with van der Waals surface area (Å²) in [5.41, 5.74) is 0. The number of nitrogens with zero attached hydrogens (tertiary/aromatic N) is 1. The van der Waals surface area contributed by atoms with Crippen molar-refractivity contribution in [3.05, 3.63) is 0 Å². The SMILES string of the molecule is CC[C@@H](CS(C)(=O)=O)N1CCCC(C)C1=O. The van der Waals surface area contributed by atoms with Crippen molar-refractivity contribution < 1.29 is 13.2 Å². The summed E-state index contributed by atoms with van der Waals surface area (Å²) < 4.78 is 22.6. The molecule has 0 aromatic heterocycles. The van der Waals surface area contributed by atoms with Crippen LogP contribution in [0.25, 0.3) is 0 Å². The Bertz CT molecular complexity index is 350. The van der Waals surface area contributed by atoms with Crippen LogP contribution in [0.2, 0.25) is 0 Å². The molecule has 1 rings (SSSR count). The van der Waals surface area contributed by atoms with Gasteiger partial charge < -0.3 is 4.90 Å². The molecule has 0 bridgehead atoms. The van der Waals surface area contributed by atoms with Gasteiger partial charge in [-0.2, -0.15) is 0 Å². The molecule has 94 valence electrons. The normalized spacial score (nSPS) is 24.6. The summed E-state index contributed by atoms with van der Waals surface area (Å²) in [5, 5.41) is 0. The van der Waals surface area contributed by atoms with Crippen LogP contribution in [0.3, 0.4) is 0 Å². The lowest BCUT2D eigenvalue weighted by Gasteiger charge is -2.36. The highest BCUT2D eigenvalue weighted by atomic mass is 32.2. The van der Waals surface area contributed by atoms with E-state index in [4.69, 9.17) is 0 Å². The molecule has 1 saturated heterocycles. The maximum absolute atomic E-state index is 11.9. The topological polar surface area (TPSA) is 54.5 Å². The Morgan fingerprint density at radius 3 is 2.62 bits per heavy atom. The smallest absolute Gasteiger partial charge is 0.225 e. The third kappa shape index (κ3) is 3.47. The van der Waals surface area contributed by atoms with Crippen molar-refractivity contribution in [2.75, 3.05) is 18.6 Å². The van der Waals surface area contributed by atoms with E-state index in [-0.39, 0.29) is 23.6 Å². The first kappa shape index (κ1) is 13.5. The van der Waals surface area contributed by atoms with E-state index in [1.54, 1.807) is 4.90 Å². The predicted molar refractivity (Wildman–Crippen MR) is 63.9 cm³/mol. The zero-order valence-corrected chi connectivity index (χ0v) is 11.1. The Hall–Kier alpha value is -0.580. The lowest BCUT2D eigenvalue weighted by Crippen LogP contribution is -2.48. The van der Waals surface area contributed by atoms with Crippen LogP contribution >= 0.6 is 0 Å². The van der Waals surface area contributed by atoms with Crippen LogP contribution in [0.4, 0.5) is 0 Å². The Balaban J connectivity index is 2.75. The van der Waals surface area contributed by atoms with Crippen LogP contribution in [0.15, 0.2) is 0 Å². The first-order chi connectivity index (χ1) is 7.35. The zero-order chi connectivity index (χ0) is 12.3. The van der Waals surface area contributed by atoms with Crippen molar-refractivity contribution in [1.82, 2.24) is 4.90 Å². The standard InChI is InChI=1S/C11H21NO3S/c1-4-10(8-16(3,14)15)12-7-5-6-9(2)11(12)13/h9-10H,4-8H2,1-3H3/t9?,10-/m0/s1. The van der Waals surface area contributed by atoms with Gasteiger partial charge in [-0.3, -0.25) is 4.79 Å². The number of rotatable bonds is 4. The fourth-order valence-corrected chi connectivity index (χ4v) is 3.34. The number of likely N-dealkylation sites (tertiary alicyclic amines) is 1. The van der Waals surface area contributed by atoms with Crippen molar-refractivity contribution in [3.63, 3.8) is 0 Å². The minimum absolute atomic E-state index is 0.0439. The molecular formula is C11H21NO3S. The Morgan fingerprint density at radius 2 is 2.12 bits per heavy atom. The van der Waals surface area contributed by atoms with Crippen molar-refractivity contribution in [1.29, 1.82) is 0 Å². The van der Waals surface area contributed by atoms with Crippen LogP contribution in [0.5, 0.6) is 0 Å². The molecule has 0 aromatic rings. The number of amides is 1. The number of sulfone groups is 1. The van der Waals surface area contributed by atoms with Gasteiger partial charge in [-0.05, 0) is 19.3 Å². The maximum Gasteiger partial charge on any atom is 0.225 e. The van der Waals surface area contributed by atoms with E-state index in [1.807, 2.05) is 13.8 Å². The van der Waals surface area contributed by atoms with Crippen LogP contribution in [-0.4, -0.2) is 43.8 Å². The van der Waals surface area contributed by atoms with Gasteiger partial charge in [0.25, 0.3) is 0 Å². The van der Waals surface area contributed by atoms with E-state index in [1.165, 1.54) is 6.26 Å². The predicted octanol–water partition coefficient (Wildman–Crippen LogP) is 1.07. The van der Waals surface area contributed by atoms with E-state index >= 15 is 0 Å². The van der Waals surface area contributed by atoms with Crippen LogP contribution in [0, 0.1) is 5.92 Å². The van der Waals surface area contributed by atoms with Gasteiger partial charge in [0.2, 0.25) is 5.91 Å². The lowest BCUT2D eigenvalue weighted by atomic mass is 9.97. The molecule has 1 unspecified atom stereocenters. The molecule has 1 heterocycles. The number of carbonyl (C=O) groups is 1. The summed E-state index contributed by atoms with van der Waals surface area (Å²) in [7, 11) is -3.02. The minimum atomic E-state index is -3.02. The van der Waals surface area contributed by atoms with Crippen molar-refractivity contribution >= 4 is 15.7 Å². The number of carbonyl (C=O) groups excluding carboxylic acids is 1. The maximum atomic E-state index is 11.9. The molecule has 0 spiro atoms. The Labute approximate surface area is 97.9 Å². The second-order valence-corrected chi connectivity index (χ2v) is 6.91. The lowest BCUT2D eigenvalue weighted by molar-refractivity contribution is -0.139. The molecule has 0 aliphatic carbocycles. The van der Waals surface area contributed by atoms with E-state index in [0.29, 0.717) is 13.0 Å². The molecule has 1 aliphatic rings. The molecule has 5 heteroatoms. The van der Waals surface area contributed by atoms with Crippen molar-refractivity contribution in [2.24, 2.45) is 5.92 Å². The van der Waals surface area contributed by atoms with Gasteiger partial charge in [-0.25, -0.2) is 8.42 Å². The third-order valence-electron chi connectivity index (χ3n) is 3.15. The third-order valence-corrected chi connectivity index (χ3v) is 4.14. The van der Waals surface area contributed by atoms with Crippen molar-refractivity contribution in [2.45, 2.75) is 39.2 Å². The first-order valence-electron chi connectivity index (χ1n) is 5.83. The molecule has 0 aromatic carbocycles. The molecule has 1 aliphatic heterocycles. The van der Waals surface area contributed by atoms with Gasteiger partial charge in [0, 0.05) is 24.8 Å². The summed E-state index contributed by atoms with van der Waals surface area (Å²) in [6, 6.07) is -0.148. The summed E-state index contributed by atoms with van der Waals surface area (Å²) in [4.78, 5) is 13.7. The monoisotopic (exact) mass is 247 g/mol. The van der Waals surface area contributed by atoms with E-state index < -0.39 is 9.84 Å². The zero-order valence-electron chi connectivity index (χ0n) is 10.3. The molecule has 0 saturated carbocycles.